The number of aryl methyl sites for hydroxylation is 1. The minimum absolute atomic E-state index is 0.146. The number of nitrogens with one attached hydrogen (secondary N) is 1. The van der Waals surface area contributed by atoms with E-state index in [1.54, 1.807) is 21.0 Å². The van der Waals surface area contributed by atoms with Crippen molar-refractivity contribution in [3.05, 3.63) is 17.6 Å². The average Bonchev–Trinajstić information content (AvgIpc) is 2.68. The lowest BCUT2D eigenvalue weighted by atomic mass is 10.3. The van der Waals surface area contributed by atoms with Crippen LogP contribution in [0, 0.1) is 6.92 Å². The van der Waals surface area contributed by atoms with E-state index < -0.39 is 10.0 Å². The summed E-state index contributed by atoms with van der Waals surface area (Å²) >= 11 is 0. The number of hydrogen-bond donors (Lipinski definition) is 2. The third kappa shape index (κ3) is 3.81. The average molecular weight is 276 g/mol. The fourth-order valence-corrected chi connectivity index (χ4v) is 3.05. The maximum atomic E-state index is 12.1. The van der Waals surface area contributed by atoms with Gasteiger partial charge in [-0.3, -0.25) is 0 Å². The topological polar surface area (TPSA) is 94.6 Å². The van der Waals surface area contributed by atoms with Gasteiger partial charge in [0, 0.05) is 25.8 Å². The third-order valence-electron chi connectivity index (χ3n) is 2.53. The number of sulfonamides is 1. The Morgan fingerprint density at radius 2 is 2.22 bits per heavy atom. The summed E-state index contributed by atoms with van der Waals surface area (Å²) in [6.07, 6.45) is 0.608. The molecular weight excluding hydrogens is 256 g/mol. The number of furan rings is 1. The van der Waals surface area contributed by atoms with Crippen molar-refractivity contribution in [2.24, 2.45) is 5.73 Å². The highest BCUT2D eigenvalue weighted by Gasteiger charge is 2.22. The van der Waals surface area contributed by atoms with Crippen LogP contribution in [0.1, 0.15) is 24.9 Å². The second-order valence-corrected chi connectivity index (χ2v) is 5.82. The first-order chi connectivity index (χ1) is 8.40. The van der Waals surface area contributed by atoms with E-state index in [0.717, 1.165) is 0 Å². The molecule has 0 radical (unpaired) electrons. The Morgan fingerprint density at radius 3 is 2.72 bits per heavy atom. The van der Waals surface area contributed by atoms with Crippen LogP contribution in [0.2, 0.25) is 0 Å². The van der Waals surface area contributed by atoms with Crippen molar-refractivity contribution in [1.29, 1.82) is 0 Å². The molecule has 0 aliphatic rings. The van der Waals surface area contributed by atoms with E-state index in [4.69, 9.17) is 14.9 Å². The number of hydrogen-bond acceptors (Lipinski definition) is 5. The van der Waals surface area contributed by atoms with E-state index in [0.29, 0.717) is 24.5 Å². The summed E-state index contributed by atoms with van der Waals surface area (Å²) < 4.78 is 36.9. The fraction of sp³-hybridized carbons (Fsp3) is 0.636. The molecule has 0 aliphatic carbocycles. The van der Waals surface area contributed by atoms with Gasteiger partial charge in [0.1, 0.15) is 16.4 Å². The highest BCUT2D eigenvalue weighted by atomic mass is 32.2. The molecule has 1 aromatic heterocycles. The first kappa shape index (κ1) is 15.2. The van der Waals surface area contributed by atoms with E-state index in [2.05, 4.69) is 4.72 Å². The van der Waals surface area contributed by atoms with E-state index in [-0.39, 0.29) is 17.5 Å². The summed E-state index contributed by atoms with van der Waals surface area (Å²) in [5, 5.41) is 0. The normalized spacial score (nSPS) is 13.8. The van der Waals surface area contributed by atoms with Gasteiger partial charge in [-0.05, 0) is 20.3 Å². The van der Waals surface area contributed by atoms with Crippen LogP contribution in [0.25, 0.3) is 0 Å². The molecule has 0 saturated carbocycles. The number of rotatable bonds is 7. The van der Waals surface area contributed by atoms with Gasteiger partial charge in [-0.2, -0.15) is 0 Å². The van der Waals surface area contributed by atoms with Gasteiger partial charge < -0.3 is 14.9 Å². The summed E-state index contributed by atoms with van der Waals surface area (Å²) in [5.74, 6) is 0.805. The Balaban J connectivity index is 2.82. The lowest BCUT2D eigenvalue weighted by Crippen LogP contribution is -2.33. The van der Waals surface area contributed by atoms with Crippen LogP contribution >= 0.6 is 0 Å². The van der Waals surface area contributed by atoms with Crippen LogP contribution in [0.3, 0.4) is 0 Å². The molecule has 104 valence electrons. The second-order valence-electron chi connectivity index (χ2n) is 4.14. The van der Waals surface area contributed by atoms with Gasteiger partial charge in [0.25, 0.3) is 0 Å². The molecule has 0 saturated heterocycles. The Morgan fingerprint density at radius 1 is 1.56 bits per heavy atom. The van der Waals surface area contributed by atoms with Crippen molar-refractivity contribution >= 4 is 10.0 Å². The summed E-state index contributed by atoms with van der Waals surface area (Å²) in [6, 6.07) is 1.26. The lowest BCUT2D eigenvalue weighted by molar-refractivity contribution is 0.188. The Labute approximate surface area is 108 Å². The molecule has 0 amide bonds. The largest absolute Gasteiger partial charge is 0.464 e. The standard InChI is InChI=1S/C11H20N2O4S/c1-8(4-5-16-3)13-18(14,15)11-6-10(7-12)17-9(11)2/h6,8,13H,4-5,7,12H2,1-3H3. The first-order valence-corrected chi connectivity index (χ1v) is 7.19. The van der Waals surface area contributed by atoms with Gasteiger partial charge in [0.05, 0.1) is 6.54 Å². The SMILES string of the molecule is COCCC(C)NS(=O)(=O)c1cc(CN)oc1C. The van der Waals surface area contributed by atoms with Gasteiger partial charge in [0.2, 0.25) is 10.0 Å². The van der Waals surface area contributed by atoms with Crippen LogP contribution < -0.4 is 10.5 Å². The van der Waals surface area contributed by atoms with Crippen LogP contribution in [0.4, 0.5) is 0 Å². The van der Waals surface area contributed by atoms with Crippen LogP contribution in [0.15, 0.2) is 15.4 Å². The van der Waals surface area contributed by atoms with Crippen molar-refractivity contribution in [3.63, 3.8) is 0 Å². The summed E-state index contributed by atoms with van der Waals surface area (Å²) in [6.45, 7) is 4.07. The molecule has 18 heavy (non-hydrogen) atoms. The maximum absolute atomic E-state index is 12.1. The molecule has 6 nitrogen and oxygen atoms in total. The molecule has 0 bridgehead atoms. The molecule has 3 N–H and O–H groups in total. The molecule has 0 aliphatic heterocycles. The summed E-state index contributed by atoms with van der Waals surface area (Å²) in [5.41, 5.74) is 5.42. The molecular formula is C11H20N2O4S. The van der Waals surface area contributed by atoms with Gasteiger partial charge in [-0.1, -0.05) is 0 Å². The van der Waals surface area contributed by atoms with Crippen molar-refractivity contribution in [3.8, 4) is 0 Å². The smallest absolute Gasteiger partial charge is 0.244 e. The van der Waals surface area contributed by atoms with Gasteiger partial charge in [-0.25, -0.2) is 13.1 Å². The molecule has 1 aromatic rings. The number of methoxy groups -OCH3 is 1. The third-order valence-corrected chi connectivity index (χ3v) is 4.22. The van der Waals surface area contributed by atoms with E-state index in [1.165, 1.54) is 6.07 Å². The van der Waals surface area contributed by atoms with E-state index in [1.807, 2.05) is 0 Å². The molecule has 1 atom stereocenters. The molecule has 0 aromatic carbocycles. The first-order valence-electron chi connectivity index (χ1n) is 5.71. The van der Waals surface area contributed by atoms with E-state index >= 15 is 0 Å². The number of ether oxygens (including phenoxy) is 1. The molecule has 7 heteroatoms. The minimum atomic E-state index is -3.56. The maximum Gasteiger partial charge on any atom is 0.244 e. The number of nitrogens with two attached hydrogens (primary N) is 1. The monoisotopic (exact) mass is 276 g/mol. The van der Waals surface area contributed by atoms with Crippen molar-refractivity contribution in [1.82, 2.24) is 4.72 Å². The van der Waals surface area contributed by atoms with Crippen LogP contribution in [-0.2, 0) is 21.3 Å². The lowest BCUT2D eigenvalue weighted by Gasteiger charge is -2.12. The Hall–Kier alpha value is -0.890. The fourth-order valence-electron chi connectivity index (χ4n) is 1.57. The predicted molar refractivity (Wildman–Crippen MR) is 67.6 cm³/mol. The predicted octanol–water partition coefficient (Wildman–Crippen LogP) is 0.750. The zero-order valence-electron chi connectivity index (χ0n) is 10.9. The van der Waals surface area contributed by atoms with E-state index in [9.17, 15) is 8.42 Å². The zero-order chi connectivity index (χ0) is 13.8. The minimum Gasteiger partial charge on any atom is -0.464 e. The van der Waals surface area contributed by atoms with Gasteiger partial charge in [-0.15, -0.1) is 0 Å². The Kier molecular flexibility index (Phi) is 5.33. The molecule has 1 unspecified atom stereocenters. The van der Waals surface area contributed by atoms with Gasteiger partial charge in [0.15, 0.2) is 0 Å². The highest BCUT2D eigenvalue weighted by molar-refractivity contribution is 7.89. The Bertz CT molecular complexity index is 481. The zero-order valence-corrected chi connectivity index (χ0v) is 11.7. The molecule has 0 spiro atoms. The molecule has 1 rings (SSSR count). The van der Waals surface area contributed by atoms with Crippen molar-refractivity contribution in [2.45, 2.75) is 37.8 Å². The summed E-state index contributed by atoms with van der Waals surface area (Å²) in [7, 11) is -1.99. The quantitative estimate of drug-likeness (QED) is 0.766. The highest BCUT2D eigenvalue weighted by Crippen LogP contribution is 2.20. The van der Waals surface area contributed by atoms with Gasteiger partial charge >= 0.3 is 0 Å². The summed E-state index contributed by atoms with van der Waals surface area (Å²) in [4.78, 5) is 0.146. The van der Waals surface area contributed by atoms with Crippen LogP contribution in [-0.4, -0.2) is 28.2 Å². The van der Waals surface area contributed by atoms with Crippen LogP contribution in [0.5, 0.6) is 0 Å². The molecule has 1 heterocycles. The van der Waals surface area contributed by atoms with Crippen molar-refractivity contribution < 1.29 is 17.6 Å². The second kappa shape index (κ2) is 6.33. The molecule has 0 fully saturated rings. The van der Waals surface area contributed by atoms with Crippen molar-refractivity contribution in [2.75, 3.05) is 13.7 Å².